The maximum atomic E-state index is 11.2. The molecule has 6 heteroatoms. The van der Waals surface area contributed by atoms with Crippen molar-refractivity contribution in [2.24, 2.45) is 5.92 Å². The highest BCUT2D eigenvalue weighted by atomic mass is 35.5. The number of rotatable bonds is 2. The number of carbonyl (C=O) groups is 3. The Labute approximate surface area is 85.5 Å². The fraction of sp³-hybridized carbons (Fsp3) is 0.375. The van der Waals surface area contributed by atoms with Gasteiger partial charge in [-0.05, 0) is 13.3 Å². The van der Waals surface area contributed by atoms with Crippen LogP contribution < -0.4 is 10.6 Å². The number of halogens is 1. The molecule has 0 aromatic heterocycles. The van der Waals surface area contributed by atoms with Crippen molar-refractivity contribution < 1.29 is 14.4 Å². The third-order valence-corrected chi connectivity index (χ3v) is 1.90. The van der Waals surface area contributed by atoms with Gasteiger partial charge in [-0.2, -0.15) is 0 Å². The predicted molar refractivity (Wildman–Crippen MR) is 49.4 cm³/mol. The lowest BCUT2D eigenvalue weighted by Crippen LogP contribution is -2.55. The zero-order valence-corrected chi connectivity index (χ0v) is 8.22. The average molecular weight is 217 g/mol. The van der Waals surface area contributed by atoms with Crippen molar-refractivity contribution >= 4 is 29.4 Å². The molecule has 0 saturated carbocycles. The molecule has 1 heterocycles. The highest BCUT2D eigenvalue weighted by Gasteiger charge is 2.32. The molecule has 0 unspecified atom stereocenters. The summed E-state index contributed by atoms with van der Waals surface area (Å²) in [5, 5.41) is 4.51. The molecule has 1 fully saturated rings. The lowest BCUT2D eigenvalue weighted by Gasteiger charge is -2.19. The molecule has 0 aliphatic carbocycles. The summed E-state index contributed by atoms with van der Waals surface area (Å²) in [5.41, 5.74) is 0. The third-order valence-electron chi connectivity index (χ3n) is 1.74. The lowest BCUT2D eigenvalue weighted by molar-refractivity contribution is -0.135. The van der Waals surface area contributed by atoms with Crippen molar-refractivity contribution in [1.29, 1.82) is 0 Å². The number of hydrogen-bond acceptors (Lipinski definition) is 3. The van der Waals surface area contributed by atoms with Gasteiger partial charge in [0.15, 0.2) is 0 Å². The minimum Gasteiger partial charge on any atom is -0.277 e. The Morgan fingerprint density at radius 2 is 1.86 bits per heavy atom. The van der Waals surface area contributed by atoms with Crippen LogP contribution >= 0.6 is 11.6 Å². The van der Waals surface area contributed by atoms with Gasteiger partial charge in [-0.25, -0.2) is 4.79 Å². The Morgan fingerprint density at radius 3 is 2.29 bits per heavy atom. The van der Waals surface area contributed by atoms with Crippen molar-refractivity contribution in [3.63, 3.8) is 0 Å². The van der Waals surface area contributed by atoms with Gasteiger partial charge in [-0.1, -0.05) is 17.7 Å². The summed E-state index contributed by atoms with van der Waals surface area (Å²) < 4.78 is 0. The molecular formula is C8H9ClN2O3. The van der Waals surface area contributed by atoms with Crippen molar-refractivity contribution in [2.45, 2.75) is 13.3 Å². The number of urea groups is 1. The Balaban J connectivity index is 2.68. The first-order valence-corrected chi connectivity index (χ1v) is 4.36. The van der Waals surface area contributed by atoms with Crippen molar-refractivity contribution in [3.8, 4) is 0 Å². The minimum atomic E-state index is -0.874. The van der Waals surface area contributed by atoms with Gasteiger partial charge < -0.3 is 0 Å². The Hall–Kier alpha value is -1.36. The first kappa shape index (κ1) is 10.7. The Kier molecular flexibility index (Phi) is 3.24. The topological polar surface area (TPSA) is 75.3 Å². The zero-order chi connectivity index (χ0) is 10.7. The number of amides is 4. The molecule has 1 saturated heterocycles. The maximum absolute atomic E-state index is 11.2. The van der Waals surface area contributed by atoms with E-state index in [2.05, 4.69) is 0 Å². The summed E-state index contributed by atoms with van der Waals surface area (Å²) in [7, 11) is 0. The molecule has 1 rings (SSSR count). The number of hydrogen-bond donors (Lipinski definition) is 2. The lowest BCUT2D eigenvalue weighted by atomic mass is 10.0. The molecule has 1 aliphatic rings. The minimum absolute atomic E-state index is 0.195. The maximum Gasteiger partial charge on any atom is 0.328 e. The van der Waals surface area contributed by atoms with Crippen LogP contribution in [0.25, 0.3) is 0 Å². The third kappa shape index (κ3) is 2.56. The van der Waals surface area contributed by atoms with E-state index < -0.39 is 23.8 Å². The molecule has 0 aromatic rings. The smallest absolute Gasteiger partial charge is 0.277 e. The van der Waals surface area contributed by atoms with Gasteiger partial charge in [-0.3, -0.25) is 20.2 Å². The van der Waals surface area contributed by atoms with E-state index in [0.717, 1.165) is 0 Å². The van der Waals surface area contributed by atoms with Crippen LogP contribution in [0.2, 0.25) is 0 Å². The van der Waals surface area contributed by atoms with Crippen LogP contribution in [0.15, 0.2) is 11.1 Å². The second-order valence-electron chi connectivity index (χ2n) is 2.89. The molecule has 0 aromatic carbocycles. The summed E-state index contributed by atoms with van der Waals surface area (Å²) in [4.78, 5) is 33.0. The van der Waals surface area contributed by atoms with Crippen molar-refractivity contribution in [3.05, 3.63) is 11.1 Å². The normalized spacial score (nSPS) is 19.3. The number of barbiturate groups is 1. The molecule has 4 amide bonds. The molecule has 0 spiro atoms. The van der Waals surface area contributed by atoms with Crippen LogP contribution in [0, 0.1) is 5.92 Å². The fourth-order valence-electron chi connectivity index (χ4n) is 1.04. The van der Waals surface area contributed by atoms with E-state index in [4.69, 9.17) is 11.6 Å². The van der Waals surface area contributed by atoms with E-state index in [-0.39, 0.29) is 6.42 Å². The van der Waals surface area contributed by atoms with Crippen molar-refractivity contribution in [2.75, 3.05) is 0 Å². The van der Waals surface area contributed by atoms with E-state index in [1.165, 1.54) is 0 Å². The van der Waals surface area contributed by atoms with E-state index in [1.54, 1.807) is 13.0 Å². The molecule has 14 heavy (non-hydrogen) atoms. The van der Waals surface area contributed by atoms with Gasteiger partial charge in [0.05, 0.1) is 0 Å². The summed E-state index contributed by atoms with van der Waals surface area (Å²) in [6.07, 6.45) is 1.75. The van der Waals surface area contributed by atoms with Gasteiger partial charge in [0, 0.05) is 5.03 Å². The van der Waals surface area contributed by atoms with E-state index >= 15 is 0 Å². The molecule has 1 aliphatic heterocycles. The Morgan fingerprint density at radius 1 is 1.36 bits per heavy atom. The van der Waals surface area contributed by atoms with Gasteiger partial charge in [0.25, 0.3) is 0 Å². The van der Waals surface area contributed by atoms with Gasteiger partial charge in [-0.15, -0.1) is 0 Å². The highest BCUT2D eigenvalue weighted by molar-refractivity contribution is 6.29. The second kappa shape index (κ2) is 4.23. The first-order valence-electron chi connectivity index (χ1n) is 3.98. The van der Waals surface area contributed by atoms with Crippen LogP contribution in [0.5, 0.6) is 0 Å². The van der Waals surface area contributed by atoms with Crippen LogP contribution in [0.4, 0.5) is 4.79 Å². The summed E-state index contributed by atoms with van der Waals surface area (Å²) in [6.45, 7) is 1.64. The quantitative estimate of drug-likeness (QED) is 0.660. The highest BCUT2D eigenvalue weighted by Crippen LogP contribution is 2.11. The largest absolute Gasteiger partial charge is 0.328 e. The molecule has 2 N–H and O–H groups in total. The SMILES string of the molecule is C/C(Cl)=C/CC1C(=O)NC(=O)NC1=O. The fourth-order valence-corrected chi connectivity index (χ4v) is 1.13. The van der Waals surface area contributed by atoms with E-state index in [0.29, 0.717) is 5.03 Å². The molecule has 5 nitrogen and oxygen atoms in total. The van der Waals surface area contributed by atoms with Crippen LogP contribution in [-0.2, 0) is 9.59 Å². The molecule has 0 bridgehead atoms. The first-order chi connectivity index (χ1) is 6.50. The van der Waals surface area contributed by atoms with Crippen molar-refractivity contribution in [1.82, 2.24) is 10.6 Å². The molecule has 0 atom stereocenters. The Bertz CT molecular complexity index is 301. The second-order valence-corrected chi connectivity index (χ2v) is 3.48. The summed E-state index contributed by atoms with van der Waals surface area (Å²) >= 11 is 5.55. The number of allylic oxidation sites excluding steroid dienone is 2. The summed E-state index contributed by atoms with van der Waals surface area (Å²) in [6, 6.07) is -0.775. The van der Waals surface area contributed by atoms with Crippen LogP contribution in [0.1, 0.15) is 13.3 Å². The monoisotopic (exact) mass is 216 g/mol. The van der Waals surface area contributed by atoms with Gasteiger partial charge in [0.1, 0.15) is 5.92 Å². The standard InChI is InChI=1S/C8H9ClN2O3/c1-4(9)2-3-5-6(12)10-8(14)11-7(5)13/h2,5H,3H2,1H3,(H2,10,11,12,13,14)/b4-2-. The number of imide groups is 2. The number of nitrogens with one attached hydrogen (secondary N) is 2. The van der Waals surface area contributed by atoms with E-state index in [1.807, 2.05) is 10.6 Å². The van der Waals surface area contributed by atoms with E-state index in [9.17, 15) is 14.4 Å². The average Bonchev–Trinajstić information content (AvgIpc) is 2.01. The summed E-state index contributed by atoms with van der Waals surface area (Å²) in [5.74, 6) is -2.05. The molecule has 76 valence electrons. The molecular weight excluding hydrogens is 208 g/mol. The van der Waals surface area contributed by atoms with Gasteiger partial charge in [0.2, 0.25) is 11.8 Å². The van der Waals surface area contributed by atoms with Crippen LogP contribution in [-0.4, -0.2) is 17.8 Å². The zero-order valence-electron chi connectivity index (χ0n) is 7.46. The van der Waals surface area contributed by atoms with Crippen LogP contribution in [0.3, 0.4) is 0 Å². The predicted octanol–water partition coefficient (Wildman–Crippen LogP) is 0.501. The molecule has 0 radical (unpaired) electrons. The van der Waals surface area contributed by atoms with Gasteiger partial charge >= 0.3 is 6.03 Å². The number of carbonyl (C=O) groups excluding carboxylic acids is 3.